The quantitative estimate of drug-likeness (QED) is 0.805. The zero-order chi connectivity index (χ0) is 15.2. The lowest BCUT2D eigenvalue weighted by atomic mass is 10.1. The van der Waals surface area contributed by atoms with Crippen molar-refractivity contribution in [2.75, 3.05) is 19.0 Å². The van der Waals surface area contributed by atoms with E-state index >= 15 is 0 Å². The van der Waals surface area contributed by atoms with Crippen LogP contribution in [0.2, 0.25) is 0 Å². The number of hydrogen-bond acceptors (Lipinski definition) is 3. The van der Waals surface area contributed by atoms with Gasteiger partial charge in [-0.25, -0.2) is 4.39 Å². The van der Waals surface area contributed by atoms with Crippen LogP contribution in [0.15, 0.2) is 42.5 Å². The highest BCUT2D eigenvalue weighted by Crippen LogP contribution is 2.20. The molecule has 0 saturated heterocycles. The first-order valence-electron chi connectivity index (χ1n) is 6.57. The fourth-order valence-corrected chi connectivity index (χ4v) is 2.28. The molecular formula is C16H17FN2OS. The van der Waals surface area contributed by atoms with Gasteiger partial charge in [-0.1, -0.05) is 30.4 Å². The Hall–Kier alpha value is -2.14. The Morgan fingerprint density at radius 1 is 1.29 bits per heavy atom. The number of benzene rings is 2. The van der Waals surface area contributed by atoms with Crippen molar-refractivity contribution in [3.63, 3.8) is 0 Å². The number of para-hydroxylation sites is 1. The van der Waals surface area contributed by atoms with E-state index < -0.39 is 0 Å². The number of ether oxygens (including phenoxy) is 1. The third kappa shape index (κ3) is 3.92. The SMILES string of the molecule is COc1ccccc1CCNc1ccc(F)cc1C(N)=S. The predicted octanol–water partition coefficient (Wildman–Crippen LogP) is 3.12. The van der Waals surface area contributed by atoms with Crippen LogP contribution < -0.4 is 15.8 Å². The largest absolute Gasteiger partial charge is 0.496 e. The molecule has 0 aliphatic rings. The molecule has 2 rings (SSSR count). The molecule has 5 heteroatoms. The van der Waals surface area contributed by atoms with E-state index in [0.717, 1.165) is 23.4 Å². The third-order valence-electron chi connectivity index (χ3n) is 3.15. The molecule has 0 aliphatic carbocycles. The minimum Gasteiger partial charge on any atom is -0.496 e. The maximum Gasteiger partial charge on any atom is 0.124 e. The van der Waals surface area contributed by atoms with E-state index in [9.17, 15) is 4.39 Å². The highest BCUT2D eigenvalue weighted by Gasteiger charge is 2.07. The van der Waals surface area contributed by atoms with E-state index in [0.29, 0.717) is 12.1 Å². The average molecular weight is 304 g/mol. The first-order chi connectivity index (χ1) is 10.1. The molecule has 0 amide bonds. The standard InChI is InChI=1S/C16H17FN2OS/c1-20-15-5-3-2-4-11(15)8-9-19-14-7-6-12(17)10-13(14)16(18)21/h2-7,10,19H,8-9H2,1H3,(H2,18,21). The molecule has 0 heterocycles. The predicted molar refractivity (Wildman–Crippen MR) is 87.5 cm³/mol. The van der Waals surface area contributed by atoms with Crippen molar-refractivity contribution in [2.24, 2.45) is 5.73 Å². The lowest BCUT2D eigenvalue weighted by molar-refractivity contribution is 0.410. The Bertz CT molecular complexity index is 646. The summed E-state index contributed by atoms with van der Waals surface area (Å²) < 4.78 is 18.5. The molecule has 3 nitrogen and oxygen atoms in total. The molecule has 0 bridgehead atoms. The maximum atomic E-state index is 13.2. The Labute approximate surface area is 128 Å². The van der Waals surface area contributed by atoms with Crippen LogP contribution in [0.1, 0.15) is 11.1 Å². The number of methoxy groups -OCH3 is 1. The molecule has 110 valence electrons. The van der Waals surface area contributed by atoms with E-state index in [1.807, 2.05) is 24.3 Å². The lowest BCUT2D eigenvalue weighted by Gasteiger charge is -2.12. The summed E-state index contributed by atoms with van der Waals surface area (Å²) in [5.41, 5.74) is 7.97. The van der Waals surface area contributed by atoms with Crippen molar-refractivity contribution in [1.29, 1.82) is 0 Å². The molecule has 0 aromatic heterocycles. The van der Waals surface area contributed by atoms with E-state index in [-0.39, 0.29) is 10.8 Å². The van der Waals surface area contributed by atoms with Gasteiger partial charge in [0.05, 0.1) is 7.11 Å². The number of halogens is 1. The molecule has 21 heavy (non-hydrogen) atoms. The number of nitrogens with two attached hydrogens (primary N) is 1. The van der Waals surface area contributed by atoms with Gasteiger partial charge < -0.3 is 15.8 Å². The van der Waals surface area contributed by atoms with Gasteiger partial charge in [-0.3, -0.25) is 0 Å². The summed E-state index contributed by atoms with van der Waals surface area (Å²) >= 11 is 4.94. The number of hydrogen-bond donors (Lipinski definition) is 2. The highest BCUT2D eigenvalue weighted by atomic mass is 32.1. The summed E-state index contributed by atoms with van der Waals surface area (Å²) in [6.45, 7) is 0.668. The Kier molecular flexibility index (Phi) is 5.11. The van der Waals surface area contributed by atoms with Crippen LogP contribution in [0.5, 0.6) is 5.75 Å². The molecule has 0 atom stereocenters. The van der Waals surface area contributed by atoms with Crippen LogP contribution in [0.4, 0.5) is 10.1 Å². The fraction of sp³-hybridized carbons (Fsp3) is 0.188. The zero-order valence-corrected chi connectivity index (χ0v) is 12.5. The Morgan fingerprint density at radius 3 is 2.76 bits per heavy atom. The molecule has 0 unspecified atom stereocenters. The minimum absolute atomic E-state index is 0.175. The number of rotatable bonds is 6. The lowest BCUT2D eigenvalue weighted by Crippen LogP contribution is -2.15. The summed E-state index contributed by atoms with van der Waals surface area (Å²) in [6.07, 6.45) is 0.776. The topological polar surface area (TPSA) is 47.3 Å². The monoisotopic (exact) mass is 304 g/mol. The van der Waals surface area contributed by atoms with Crippen LogP contribution in [-0.2, 0) is 6.42 Å². The number of thiocarbonyl (C=S) groups is 1. The molecular weight excluding hydrogens is 287 g/mol. The van der Waals surface area contributed by atoms with Crippen molar-refractivity contribution >= 4 is 22.9 Å². The van der Waals surface area contributed by atoms with Crippen LogP contribution in [-0.4, -0.2) is 18.6 Å². The van der Waals surface area contributed by atoms with E-state index in [4.69, 9.17) is 22.7 Å². The number of nitrogens with one attached hydrogen (secondary N) is 1. The third-order valence-corrected chi connectivity index (χ3v) is 3.37. The van der Waals surface area contributed by atoms with Crippen LogP contribution >= 0.6 is 12.2 Å². The Balaban J connectivity index is 2.05. The van der Waals surface area contributed by atoms with Gasteiger partial charge in [-0.05, 0) is 36.2 Å². The zero-order valence-electron chi connectivity index (χ0n) is 11.7. The van der Waals surface area contributed by atoms with Gasteiger partial charge in [-0.2, -0.15) is 0 Å². The van der Waals surface area contributed by atoms with Gasteiger partial charge in [-0.15, -0.1) is 0 Å². The molecule has 0 aliphatic heterocycles. The summed E-state index contributed by atoms with van der Waals surface area (Å²) in [7, 11) is 1.65. The van der Waals surface area contributed by atoms with Gasteiger partial charge >= 0.3 is 0 Å². The Morgan fingerprint density at radius 2 is 2.05 bits per heavy atom. The molecule has 0 fully saturated rings. The smallest absolute Gasteiger partial charge is 0.124 e. The first-order valence-corrected chi connectivity index (χ1v) is 6.97. The highest BCUT2D eigenvalue weighted by molar-refractivity contribution is 7.80. The van der Waals surface area contributed by atoms with Crippen molar-refractivity contribution in [3.8, 4) is 5.75 Å². The number of anilines is 1. The van der Waals surface area contributed by atoms with Gasteiger partial charge in [0.1, 0.15) is 16.6 Å². The van der Waals surface area contributed by atoms with Crippen LogP contribution in [0.25, 0.3) is 0 Å². The van der Waals surface area contributed by atoms with Gasteiger partial charge in [0.15, 0.2) is 0 Å². The van der Waals surface area contributed by atoms with Gasteiger partial charge in [0.2, 0.25) is 0 Å². The molecule has 0 spiro atoms. The second kappa shape index (κ2) is 7.04. The molecule has 0 radical (unpaired) electrons. The van der Waals surface area contributed by atoms with Crippen molar-refractivity contribution < 1.29 is 9.13 Å². The molecule has 0 saturated carbocycles. The van der Waals surface area contributed by atoms with Crippen molar-refractivity contribution in [1.82, 2.24) is 0 Å². The second-order valence-corrected chi connectivity index (χ2v) is 4.98. The normalized spacial score (nSPS) is 10.2. The summed E-state index contributed by atoms with van der Waals surface area (Å²) in [6, 6.07) is 12.2. The fourth-order valence-electron chi connectivity index (χ4n) is 2.12. The first kappa shape index (κ1) is 15.3. The van der Waals surface area contributed by atoms with Crippen molar-refractivity contribution in [3.05, 3.63) is 59.4 Å². The van der Waals surface area contributed by atoms with E-state index in [1.54, 1.807) is 13.2 Å². The van der Waals surface area contributed by atoms with Crippen molar-refractivity contribution in [2.45, 2.75) is 6.42 Å². The summed E-state index contributed by atoms with van der Waals surface area (Å²) in [5, 5.41) is 3.23. The molecule has 2 aromatic carbocycles. The van der Waals surface area contributed by atoms with Crippen LogP contribution in [0.3, 0.4) is 0 Å². The minimum atomic E-state index is -0.354. The van der Waals surface area contributed by atoms with E-state index in [1.165, 1.54) is 12.1 Å². The van der Waals surface area contributed by atoms with Gasteiger partial charge in [0, 0.05) is 17.8 Å². The van der Waals surface area contributed by atoms with Gasteiger partial charge in [0.25, 0.3) is 0 Å². The summed E-state index contributed by atoms with van der Waals surface area (Å²) in [5.74, 6) is 0.501. The maximum absolute atomic E-state index is 13.2. The van der Waals surface area contributed by atoms with E-state index in [2.05, 4.69) is 5.32 Å². The molecule has 3 N–H and O–H groups in total. The molecule has 2 aromatic rings. The summed E-state index contributed by atoms with van der Waals surface area (Å²) in [4.78, 5) is 0.175. The van der Waals surface area contributed by atoms with Crippen LogP contribution in [0, 0.1) is 5.82 Å². The average Bonchev–Trinajstić information content (AvgIpc) is 2.49. The second-order valence-electron chi connectivity index (χ2n) is 4.54.